The maximum absolute atomic E-state index is 14.1. The number of hydrogen-bond donors (Lipinski definition) is 0. The highest BCUT2D eigenvalue weighted by molar-refractivity contribution is 9.10. The fraction of sp³-hybridized carbons (Fsp3) is 0.200. The van der Waals surface area contributed by atoms with E-state index in [0.29, 0.717) is 15.6 Å². The van der Waals surface area contributed by atoms with Gasteiger partial charge in [-0.3, -0.25) is 0 Å². The molecule has 0 spiro atoms. The minimum Gasteiger partial charge on any atom is -0.485 e. The van der Waals surface area contributed by atoms with Gasteiger partial charge >= 0.3 is 5.92 Å². The van der Waals surface area contributed by atoms with E-state index in [4.69, 9.17) is 4.74 Å². The van der Waals surface area contributed by atoms with E-state index in [1.54, 1.807) is 24.3 Å². The fourth-order valence-corrected chi connectivity index (χ4v) is 2.71. The van der Waals surface area contributed by atoms with E-state index in [1.165, 1.54) is 12.1 Å². The van der Waals surface area contributed by atoms with Crippen LogP contribution in [-0.4, -0.2) is 6.61 Å². The number of alkyl halides is 3. The minimum atomic E-state index is -3.03. The van der Waals surface area contributed by atoms with E-state index in [0.717, 1.165) is 5.56 Å². The first kappa shape index (κ1) is 15.4. The van der Waals surface area contributed by atoms with E-state index in [9.17, 15) is 8.78 Å². The van der Waals surface area contributed by atoms with Crippen LogP contribution in [0.5, 0.6) is 5.75 Å². The van der Waals surface area contributed by atoms with Crippen LogP contribution < -0.4 is 4.74 Å². The topological polar surface area (TPSA) is 9.23 Å². The molecule has 0 aromatic heterocycles. The summed E-state index contributed by atoms with van der Waals surface area (Å²) in [5.41, 5.74) is 0.774. The molecule has 0 unspecified atom stereocenters. The van der Waals surface area contributed by atoms with Crippen molar-refractivity contribution in [3.8, 4) is 5.75 Å². The predicted octanol–water partition coefficient (Wildman–Crippen LogP) is 5.51. The minimum absolute atomic E-state index is 0.0487. The SMILES string of the molecule is FC(F)(COc1c(Br)cccc1CBr)c1ccccc1. The van der Waals surface area contributed by atoms with Crippen molar-refractivity contribution in [1.82, 2.24) is 0 Å². The first-order chi connectivity index (χ1) is 9.54. The van der Waals surface area contributed by atoms with E-state index in [-0.39, 0.29) is 5.56 Å². The van der Waals surface area contributed by atoms with Gasteiger partial charge in [-0.25, -0.2) is 0 Å². The molecule has 0 N–H and O–H groups in total. The fourth-order valence-electron chi connectivity index (χ4n) is 1.75. The van der Waals surface area contributed by atoms with Gasteiger partial charge in [0.2, 0.25) is 0 Å². The van der Waals surface area contributed by atoms with E-state index < -0.39 is 12.5 Å². The summed E-state index contributed by atoms with van der Waals surface area (Å²) in [6.45, 7) is -0.695. The van der Waals surface area contributed by atoms with Gasteiger partial charge in [-0.05, 0) is 22.0 Å². The Bertz CT molecular complexity index is 573. The number of hydrogen-bond acceptors (Lipinski definition) is 1. The van der Waals surface area contributed by atoms with Crippen LogP contribution in [0.3, 0.4) is 0 Å². The molecule has 0 aliphatic carbocycles. The van der Waals surface area contributed by atoms with Crippen LogP contribution in [0.25, 0.3) is 0 Å². The largest absolute Gasteiger partial charge is 0.485 e. The summed E-state index contributed by atoms with van der Waals surface area (Å²) in [7, 11) is 0. The molecule has 0 aliphatic rings. The molecular weight excluding hydrogens is 394 g/mol. The van der Waals surface area contributed by atoms with Gasteiger partial charge in [0.15, 0.2) is 6.61 Å². The van der Waals surface area contributed by atoms with Gasteiger partial charge in [0.25, 0.3) is 0 Å². The molecule has 5 heteroatoms. The molecule has 0 fully saturated rings. The third-order valence-electron chi connectivity index (χ3n) is 2.79. The second kappa shape index (κ2) is 6.68. The summed E-state index contributed by atoms with van der Waals surface area (Å²) in [6.07, 6.45) is 0. The summed E-state index contributed by atoms with van der Waals surface area (Å²) >= 11 is 6.64. The summed E-state index contributed by atoms with van der Waals surface area (Å²) in [5, 5.41) is 0.540. The van der Waals surface area contributed by atoms with Crippen molar-refractivity contribution in [3.63, 3.8) is 0 Å². The Morgan fingerprint density at radius 1 is 1.00 bits per heavy atom. The Morgan fingerprint density at radius 3 is 2.35 bits per heavy atom. The lowest BCUT2D eigenvalue weighted by molar-refractivity contribution is -0.0470. The Morgan fingerprint density at radius 2 is 1.70 bits per heavy atom. The van der Waals surface area contributed by atoms with Crippen LogP contribution >= 0.6 is 31.9 Å². The Labute approximate surface area is 133 Å². The molecule has 2 aromatic carbocycles. The molecule has 0 aliphatic heterocycles. The molecule has 106 valence electrons. The zero-order valence-corrected chi connectivity index (χ0v) is 13.6. The van der Waals surface area contributed by atoms with Crippen molar-refractivity contribution in [2.45, 2.75) is 11.3 Å². The highest BCUT2D eigenvalue weighted by atomic mass is 79.9. The third kappa shape index (κ3) is 3.58. The Hall–Kier alpha value is -0.940. The molecular formula is C15H12Br2F2O. The summed E-state index contributed by atoms with van der Waals surface area (Å²) in [4.78, 5) is 0. The zero-order chi connectivity index (χ0) is 14.6. The van der Waals surface area contributed by atoms with Crippen LogP contribution in [0, 0.1) is 0 Å². The molecule has 1 nitrogen and oxygen atoms in total. The van der Waals surface area contributed by atoms with Crippen molar-refractivity contribution in [2.24, 2.45) is 0 Å². The molecule has 0 heterocycles. The smallest absolute Gasteiger partial charge is 0.306 e. The van der Waals surface area contributed by atoms with Crippen LogP contribution in [0.1, 0.15) is 11.1 Å². The van der Waals surface area contributed by atoms with Gasteiger partial charge < -0.3 is 4.74 Å². The van der Waals surface area contributed by atoms with E-state index in [2.05, 4.69) is 31.9 Å². The number of ether oxygens (including phenoxy) is 1. The summed E-state index contributed by atoms with van der Waals surface area (Å²) in [6, 6.07) is 13.1. The Kier molecular flexibility index (Phi) is 5.16. The molecule has 0 saturated heterocycles. The number of para-hydroxylation sites is 1. The maximum atomic E-state index is 14.1. The van der Waals surface area contributed by atoms with Crippen molar-refractivity contribution in [3.05, 3.63) is 64.1 Å². The van der Waals surface area contributed by atoms with Crippen molar-refractivity contribution < 1.29 is 13.5 Å². The number of rotatable bonds is 5. The lowest BCUT2D eigenvalue weighted by atomic mass is 10.1. The second-order valence-corrected chi connectivity index (χ2v) is 5.64. The van der Waals surface area contributed by atoms with Gasteiger partial charge in [0.05, 0.1) is 4.47 Å². The Balaban J connectivity index is 2.17. The van der Waals surface area contributed by atoms with Gasteiger partial charge in [-0.1, -0.05) is 58.4 Å². The van der Waals surface area contributed by atoms with Crippen LogP contribution in [-0.2, 0) is 11.3 Å². The average Bonchev–Trinajstić information content (AvgIpc) is 2.46. The molecule has 0 saturated carbocycles. The van der Waals surface area contributed by atoms with Gasteiger partial charge in [0, 0.05) is 16.5 Å². The van der Waals surface area contributed by atoms with Crippen LogP contribution in [0.4, 0.5) is 8.78 Å². The molecule has 0 amide bonds. The quantitative estimate of drug-likeness (QED) is 0.595. The van der Waals surface area contributed by atoms with Gasteiger partial charge in [-0.2, -0.15) is 8.78 Å². The molecule has 0 atom stereocenters. The van der Waals surface area contributed by atoms with E-state index in [1.807, 2.05) is 12.1 Å². The lowest BCUT2D eigenvalue weighted by Crippen LogP contribution is -2.23. The third-order valence-corrected chi connectivity index (χ3v) is 4.01. The second-order valence-electron chi connectivity index (χ2n) is 4.22. The standard InChI is InChI=1S/C15H12Br2F2O/c16-9-11-5-4-8-13(17)14(11)20-10-15(18,19)12-6-2-1-3-7-12/h1-8H,9-10H2. The maximum Gasteiger partial charge on any atom is 0.306 e. The predicted molar refractivity (Wildman–Crippen MR) is 82.6 cm³/mol. The van der Waals surface area contributed by atoms with E-state index >= 15 is 0 Å². The van der Waals surface area contributed by atoms with Crippen LogP contribution in [0.15, 0.2) is 53.0 Å². The number of halogens is 4. The first-order valence-electron chi connectivity index (χ1n) is 5.94. The highest BCUT2D eigenvalue weighted by Gasteiger charge is 2.32. The molecule has 2 aromatic rings. The normalized spacial score (nSPS) is 11.4. The average molecular weight is 406 g/mol. The van der Waals surface area contributed by atoms with Crippen LogP contribution in [0.2, 0.25) is 0 Å². The molecule has 2 rings (SSSR count). The van der Waals surface area contributed by atoms with Crippen molar-refractivity contribution in [2.75, 3.05) is 6.61 Å². The van der Waals surface area contributed by atoms with Crippen molar-refractivity contribution in [1.29, 1.82) is 0 Å². The molecule has 0 bridgehead atoms. The summed E-state index contributed by atoms with van der Waals surface area (Å²) < 4.78 is 34.1. The van der Waals surface area contributed by atoms with Crippen molar-refractivity contribution >= 4 is 31.9 Å². The number of benzene rings is 2. The highest BCUT2D eigenvalue weighted by Crippen LogP contribution is 2.34. The lowest BCUT2D eigenvalue weighted by Gasteiger charge is -2.19. The zero-order valence-electron chi connectivity index (χ0n) is 10.5. The molecule has 20 heavy (non-hydrogen) atoms. The first-order valence-corrected chi connectivity index (χ1v) is 7.85. The monoisotopic (exact) mass is 404 g/mol. The van der Waals surface area contributed by atoms with Gasteiger partial charge in [0.1, 0.15) is 5.75 Å². The molecule has 0 radical (unpaired) electrons. The van der Waals surface area contributed by atoms with Gasteiger partial charge in [-0.15, -0.1) is 0 Å². The summed E-state index contributed by atoms with van der Waals surface area (Å²) in [5.74, 6) is -2.58.